The highest BCUT2D eigenvalue weighted by atomic mass is 16.2. The van der Waals surface area contributed by atoms with Gasteiger partial charge in [0, 0.05) is 44.4 Å². The van der Waals surface area contributed by atoms with Gasteiger partial charge in [0.25, 0.3) is 5.91 Å². The van der Waals surface area contributed by atoms with Crippen LogP contribution in [0.1, 0.15) is 72.0 Å². The van der Waals surface area contributed by atoms with Gasteiger partial charge >= 0.3 is 0 Å². The number of aryl methyl sites for hydroxylation is 2. The van der Waals surface area contributed by atoms with Gasteiger partial charge in [-0.25, -0.2) is 0 Å². The van der Waals surface area contributed by atoms with Crippen LogP contribution in [0.15, 0.2) is 42.5 Å². The molecule has 2 amide bonds. The number of nitrogens with one attached hydrogen (secondary N) is 1. The van der Waals surface area contributed by atoms with Crippen LogP contribution in [0.5, 0.6) is 0 Å². The minimum absolute atomic E-state index is 0.110. The Kier molecular flexibility index (Phi) is 8.56. The number of likely N-dealkylation sites (N-methyl/N-ethyl adjacent to an activating group) is 1. The van der Waals surface area contributed by atoms with Crippen molar-refractivity contribution in [1.82, 2.24) is 10.2 Å². The van der Waals surface area contributed by atoms with Crippen LogP contribution in [0.4, 0.5) is 5.69 Å². The molecule has 6 heteroatoms. The maximum atomic E-state index is 13.1. The molecule has 1 unspecified atom stereocenters. The number of hydrogen-bond donors (Lipinski definition) is 1. The number of carbonyl (C=O) groups is 3. The molecule has 35 heavy (non-hydrogen) atoms. The predicted molar refractivity (Wildman–Crippen MR) is 139 cm³/mol. The maximum Gasteiger partial charge on any atom is 0.255 e. The first-order chi connectivity index (χ1) is 17.1. The third kappa shape index (κ3) is 5.75. The number of unbranched alkanes of at least 4 members (excludes halogenated alkanes) is 2. The highest BCUT2D eigenvalue weighted by molar-refractivity contribution is 6.01. The van der Waals surface area contributed by atoms with E-state index in [0.717, 1.165) is 50.6 Å². The van der Waals surface area contributed by atoms with Gasteiger partial charge in [0.2, 0.25) is 5.91 Å². The van der Waals surface area contributed by atoms with Gasteiger partial charge < -0.3 is 19.9 Å². The molecule has 0 aliphatic carbocycles. The van der Waals surface area contributed by atoms with Gasteiger partial charge in [-0.3, -0.25) is 9.59 Å². The molecule has 0 spiro atoms. The van der Waals surface area contributed by atoms with E-state index in [9.17, 15) is 14.4 Å². The summed E-state index contributed by atoms with van der Waals surface area (Å²) < 4.78 is 0. The van der Waals surface area contributed by atoms with Crippen LogP contribution >= 0.6 is 0 Å². The standard InChI is InChI=1S/C29H37N3O3/c1-30-28(34)27(17-10-20-33)32-21-25-22(14-9-15-24(25)29(32)35)11-3-2-7-18-31-19-8-6-13-23-12-4-5-16-26(23)31/h4-5,9,12,14-16,20,27H,2-3,6-8,10-11,13,17-19,21H2,1H3,(H,30,34). The number of nitrogens with zero attached hydrogens (tertiary/aromatic N) is 2. The van der Waals surface area contributed by atoms with E-state index < -0.39 is 6.04 Å². The summed E-state index contributed by atoms with van der Waals surface area (Å²) >= 11 is 0. The molecule has 2 aromatic carbocycles. The highest BCUT2D eigenvalue weighted by Crippen LogP contribution is 2.30. The number of benzene rings is 2. The smallest absolute Gasteiger partial charge is 0.255 e. The summed E-state index contributed by atoms with van der Waals surface area (Å²) in [5.41, 5.74) is 5.82. The molecular weight excluding hydrogens is 438 g/mol. The Labute approximate surface area is 208 Å². The lowest BCUT2D eigenvalue weighted by Gasteiger charge is -2.26. The van der Waals surface area contributed by atoms with Gasteiger partial charge in [-0.05, 0) is 73.8 Å². The molecule has 0 fully saturated rings. The number of amides is 2. The van der Waals surface area contributed by atoms with E-state index in [1.165, 1.54) is 36.1 Å². The Morgan fingerprint density at radius 3 is 2.77 bits per heavy atom. The van der Waals surface area contributed by atoms with Crippen molar-refractivity contribution in [2.75, 3.05) is 25.0 Å². The van der Waals surface area contributed by atoms with Crippen molar-refractivity contribution in [3.8, 4) is 0 Å². The number of hydrogen-bond acceptors (Lipinski definition) is 4. The van der Waals surface area contributed by atoms with Crippen LogP contribution in [0.2, 0.25) is 0 Å². The zero-order chi connectivity index (χ0) is 24.6. The summed E-state index contributed by atoms with van der Waals surface area (Å²) in [4.78, 5) is 40.6. The second-order valence-electron chi connectivity index (χ2n) is 9.63. The Morgan fingerprint density at radius 2 is 1.94 bits per heavy atom. The number of rotatable bonds is 11. The first-order valence-corrected chi connectivity index (χ1v) is 13.0. The molecule has 0 saturated heterocycles. The molecule has 6 nitrogen and oxygen atoms in total. The van der Waals surface area contributed by atoms with Crippen LogP contribution in [-0.4, -0.2) is 49.2 Å². The van der Waals surface area contributed by atoms with Crippen molar-refractivity contribution in [3.05, 3.63) is 64.7 Å². The van der Waals surface area contributed by atoms with Gasteiger partial charge in [0.1, 0.15) is 12.3 Å². The molecule has 2 aromatic rings. The van der Waals surface area contributed by atoms with Gasteiger partial charge in [0.05, 0.1) is 0 Å². The molecule has 0 bridgehead atoms. The van der Waals surface area contributed by atoms with E-state index in [2.05, 4.69) is 40.5 Å². The maximum absolute atomic E-state index is 13.1. The van der Waals surface area contributed by atoms with E-state index in [1.54, 1.807) is 11.9 Å². The van der Waals surface area contributed by atoms with E-state index in [0.29, 0.717) is 18.5 Å². The zero-order valence-electron chi connectivity index (χ0n) is 20.8. The number of para-hydroxylation sites is 1. The molecule has 1 atom stereocenters. The Bertz CT molecular complexity index is 1050. The molecule has 0 saturated carbocycles. The van der Waals surface area contributed by atoms with Crippen LogP contribution in [0, 0.1) is 0 Å². The molecule has 186 valence electrons. The normalized spacial score (nSPS) is 15.9. The van der Waals surface area contributed by atoms with E-state index in [1.807, 2.05) is 12.1 Å². The molecule has 0 radical (unpaired) electrons. The number of aldehydes is 1. The van der Waals surface area contributed by atoms with Crippen molar-refractivity contribution in [2.45, 2.75) is 70.4 Å². The lowest BCUT2D eigenvalue weighted by molar-refractivity contribution is -0.125. The van der Waals surface area contributed by atoms with Gasteiger partial charge in [0.15, 0.2) is 0 Å². The summed E-state index contributed by atoms with van der Waals surface area (Å²) in [7, 11) is 1.57. The second-order valence-corrected chi connectivity index (χ2v) is 9.63. The van der Waals surface area contributed by atoms with Crippen LogP contribution in [0.3, 0.4) is 0 Å². The van der Waals surface area contributed by atoms with Crippen molar-refractivity contribution < 1.29 is 14.4 Å². The summed E-state index contributed by atoms with van der Waals surface area (Å²) in [6.45, 7) is 2.66. The lowest BCUT2D eigenvalue weighted by atomic mass is 9.98. The minimum Gasteiger partial charge on any atom is -0.371 e. The van der Waals surface area contributed by atoms with Crippen molar-refractivity contribution in [3.63, 3.8) is 0 Å². The predicted octanol–water partition coefficient (Wildman–Crippen LogP) is 4.29. The van der Waals surface area contributed by atoms with Crippen molar-refractivity contribution >= 4 is 23.8 Å². The summed E-state index contributed by atoms with van der Waals surface area (Å²) in [6.07, 6.45) is 9.39. The van der Waals surface area contributed by atoms with Crippen LogP contribution in [-0.2, 0) is 29.0 Å². The van der Waals surface area contributed by atoms with Gasteiger partial charge in [-0.1, -0.05) is 36.8 Å². The number of fused-ring (bicyclic) bond motifs is 2. The molecule has 2 aliphatic heterocycles. The van der Waals surface area contributed by atoms with E-state index >= 15 is 0 Å². The highest BCUT2D eigenvalue weighted by Gasteiger charge is 2.36. The fraction of sp³-hybridized carbons (Fsp3) is 0.483. The van der Waals surface area contributed by atoms with E-state index in [-0.39, 0.29) is 18.2 Å². The molecular formula is C29H37N3O3. The quantitative estimate of drug-likeness (QED) is 0.389. The van der Waals surface area contributed by atoms with Crippen LogP contribution < -0.4 is 10.2 Å². The fourth-order valence-corrected chi connectivity index (χ4v) is 5.52. The fourth-order valence-electron chi connectivity index (χ4n) is 5.52. The third-order valence-electron chi connectivity index (χ3n) is 7.41. The lowest BCUT2D eigenvalue weighted by Crippen LogP contribution is -2.46. The Hall–Kier alpha value is -3.15. The topological polar surface area (TPSA) is 69.7 Å². The van der Waals surface area contributed by atoms with Crippen LogP contribution in [0.25, 0.3) is 0 Å². The average molecular weight is 476 g/mol. The summed E-state index contributed by atoms with van der Waals surface area (Å²) in [6, 6.07) is 14.1. The molecule has 2 heterocycles. The molecule has 0 aromatic heterocycles. The van der Waals surface area contributed by atoms with Crippen molar-refractivity contribution in [2.24, 2.45) is 0 Å². The van der Waals surface area contributed by atoms with Gasteiger partial charge in [-0.15, -0.1) is 0 Å². The largest absolute Gasteiger partial charge is 0.371 e. The van der Waals surface area contributed by atoms with Gasteiger partial charge in [-0.2, -0.15) is 0 Å². The third-order valence-corrected chi connectivity index (χ3v) is 7.41. The zero-order valence-corrected chi connectivity index (χ0v) is 20.8. The SMILES string of the molecule is CNC(=O)C(CCC=O)N1Cc2c(CCCCCN3CCCCc4ccccc43)cccc2C1=O. The summed E-state index contributed by atoms with van der Waals surface area (Å²) in [5.74, 6) is -0.328. The van der Waals surface area contributed by atoms with Crippen molar-refractivity contribution in [1.29, 1.82) is 0 Å². The summed E-state index contributed by atoms with van der Waals surface area (Å²) in [5, 5.41) is 2.65. The first-order valence-electron chi connectivity index (χ1n) is 13.0. The monoisotopic (exact) mass is 475 g/mol. The Balaban J connectivity index is 1.34. The average Bonchev–Trinajstić information content (AvgIpc) is 3.08. The first kappa shape index (κ1) is 25.0. The second kappa shape index (κ2) is 12.0. The Morgan fingerprint density at radius 1 is 1.09 bits per heavy atom. The molecule has 2 aliphatic rings. The minimum atomic E-state index is -0.616. The molecule has 4 rings (SSSR count). The number of anilines is 1. The number of carbonyl (C=O) groups excluding carboxylic acids is 3. The molecule has 1 N–H and O–H groups in total. The van der Waals surface area contributed by atoms with E-state index in [4.69, 9.17) is 0 Å².